The third kappa shape index (κ3) is 2.88. The van der Waals surface area contributed by atoms with Gasteiger partial charge in [-0.3, -0.25) is 0 Å². The zero-order valence-corrected chi connectivity index (χ0v) is 10.4. The number of carboxylic acids is 1. The summed E-state index contributed by atoms with van der Waals surface area (Å²) in [7, 11) is 0. The highest BCUT2D eigenvalue weighted by atomic mass is 19.1. The molecule has 0 bridgehead atoms. The summed E-state index contributed by atoms with van der Waals surface area (Å²) in [5.74, 6) is -2.28. The van der Waals surface area contributed by atoms with Crippen molar-refractivity contribution < 1.29 is 14.3 Å². The van der Waals surface area contributed by atoms with Gasteiger partial charge in [-0.05, 0) is 30.2 Å². The van der Waals surface area contributed by atoms with Crippen molar-refractivity contribution in [1.82, 2.24) is 4.98 Å². The molecular weight excluding hydrogens is 247 g/mol. The predicted octanol–water partition coefficient (Wildman–Crippen LogP) is 3.22. The summed E-state index contributed by atoms with van der Waals surface area (Å²) >= 11 is 0. The van der Waals surface area contributed by atoms with E-state index in [4.69, 9.17) is 5.11 Å². The van der Waals surface area contributed by atoms with Gasteiger partial charge in [0.05, 0.1) is 0 Å². The molecule has 19 heavy (non-hydrogen) atoms. The van der Waals surface area contributed by atoms with Gasteiger partial charge < -0.3 is 10.4 Å². The normalized spacial score (nSPS) is 10.2. The maximum absolute atomic E-state index is 13.8. The lowest BCUT2D eigenvalue weighted by atomic mass is 10.1. The number of nitrogens with zero attached hydrogens (tertiary/aromatic N) is 1. The number of carboxylic acid groups (broad SMARTS) is 1. The Labute approximate surface area is 109 Å². The molecule has 0 unspecified atom stereocenters. The minimum absolute atomic E-state index is 0.0934. The van der Waals surface area contributed by atoms with Gasteiger partial charge in [0.1, 0.15) is 5.56 Å². The van der Waals surface area contributed by atoms with Gasteiger partial charge in [-0.2, -0.15) is 0 Å². The molecule has 1 aromatic heterocycles. The van der Waals surface area contributed by atoms with Gasteiger partial charge >= 0.3 is 5.97 Å². The van der Waals surface area contributed by atoms with Crippen molar-refractivity contribution in [3.63, 3.8) is 0 Å². The van der Waals surface area contributed by atoms with Crippen molar-refractivity contribution in [1.29, 1.82) is 0 Å². The van der Waals surface area contributed by atoms with E-state index in [9.17, 15) is 9.18 Å². The number of hydrogen-bond donors (Lipinski definition) is 2. The summed E-state index contributed by atoms with van der Waals surface area (Å²) < 4.78 is 13.8. The molecule has 1 heterocycles. The van der Waals surface area contributed by atoms with Crippen LogP contribution in [0.5, 0.6) is 0 Å². The fourth-order valence-corrected chi connectivity index (χ4v) is 1.66. The molecule has 0 radical (unpaired) electrons. The first-order chi connectivity index (χ1) is 9.11. The molecule has 0 atom stereocenters. The number of benzene rings is 1. The Hall–Kier alpha value is -2.43. The quantitative estimate of drug-likeness (QED) is 0.886. The number of aromatic carboxylic acids is 1. The van der Waals surface area contributed by atoms with E-state index in [2.05, 4.69) is 10.3 Å². The Morgan fingerprint density at radius 3 is 2.58 bits per heavy atom. The molecule has 1 aromatic carbocycles. The largest absolute Gasteiger partial charge is 0.478 e. The Morgan fingerprint density at radius 2 is 2.00 bits per heavy atom. The van der Waals surface area contributed by atoms with Gasteiger partial charge in [0, 0.05) is 11.9 Å². The van der Waals surface area contributed by atoms with Crippen LogP contribution in [0.1, 0.15) is 22.8 Å². The first-order valence-corrected chi connectivity index (χ1v) is 5.85. The van der Waals surface area contributed by atoms with Crippen LogP contribution in [0.25, 0.3) is 0 Å². The zero-order chi connectivity index (χ0) is 13.8. The zero-order valence-electron chi connectivity index (χ0n) is 10.4. The molecule has 0 spiro atoms. The van der Waals surface area contributed by atoms with Gasteiger partial charge in [-0.15, -0.1) is 0 Å². The van der Waals surface area contributed by atoms with Crippen molar-refractivity contribution in [2.24, 2.45) is 0 Å². The number of hydrogen-bond acceptors (Lipinski definition) is 3. The fraction of sp³-hybridized carbons (Fsp3) is 0.143. The molecule has 4 nitrogen and oxygen atoms in total. The summed E-state index contributed by atoms with van der Waals surface area (Å²) in [6.07, 6.45) is 2.18. The van der Waals surface area contributed by atoms with Crippen LogP contribution < -0.4 is 5.32 Å². The second-order valence-corrected chi connectivity index (χ2v) is 4.00. The second kappa shape index (κ2) is 5.48. The highest BCUT2D eigenvalue weighted by Crippen LogP contribution is 2.20. The fourth-order valence-electron chi connectivity index (χ4n) is 1.66. The van der Waals surface area contributed by atoms with Gasteiger partial charge in [-0.1, -0.05) is 19.1 Å². The molecule has 0 saturated heterocycles. The van der Waals surface area contributed by atoms with Crippen molar-refractivity contribution in [3.05, 3.63) is 53.5 Å². The Balaban J connectivity index is 2.27. The topological polar surface area (TPSA) is 62.2 Å². The van der Waals surface area contributed by atoms with Crippen LogP contribution in [0.15, 0.2) is 36.5 Å². The number of rotatable bonds is 4. The second-order valence-electron chi connectivity index (χ2n) is 4.00. The van der Waals surface area contributed by atoms with Crippen LogP contribution >= 0.6 is 0 Å². The van der Waals surface area contributed by atoms with Gasteiger partial charge in [0.15, 0.2) is 11.6 Å². The van der Waals surface area contributed by atoms with Crippen molar-refractivity contribution in [2.75, 3.05) is 5.32 Å². The van der Waals surface area contributed by atoms with Gasteiger partial charge in [-0.25, -0.2) is 14.2 Å². The van der Waals surface area contributed by atoms with Crippen LogP contribution in [0.3, 0.4) is 0 Å². The highest BCUT2D eigenvalue weighted by molar-refractivity contribution is 5.89. The molecule has 2 N–H and O–H groups in total. The van der Waals surface area contributed by atoms with Crippen LogP contribution in [0, 0.1) is 5.82 Å². The van der Waals surface area contributed by atoms with E-state index in [1.165, 1.54) is 11.8 Å². The first-order valence-electron chi connectivity index (χ1n) is 5.85. The Kier molecular flexibility index (Phi) is 3.75. The number of aryl methyl sites for hydroxylation is 1. The minimum atomic E-state index is -1.32. The van der Waals surface area contributed by atoms with E-state index >= 15 is 0 Å². The summed E-state index contributed by atoms with van der Waals surface area (Å²) in [5, 5.41) is 11.6. The van der Waals surface area contributed by atoms with Crippen molar-refractivity contribution >= 4 is 17.5 Å². The predicted molar refractivity (Wildman–Crippen MR) is 70.3 cm³/mol. The Morgan fingerprint density at radius 1 is 1.32 bits per heavy atom. The molecule has 0 fully saturated rings. The van der Waals surface area contributed by atoms with Crippen LogP contribution in [0.4, 0.5) is 15.9 Å². The average Bonchev–Trinajstić information content (AvgIpc) is 2.41. The summed E-state index contributed by atoms with van der Waals surface area (Å²) in [6, 6.07) is 8.56. The van der Waals surface area contributed by atoms with E-state index in [1.54, 1.807) is 12.1 Å². The lowest BCUT2D eigenvalue weighted by Crippen LogP contribution is -2.05. The number of halogens is 1. The van der Waals surface area contributed by atoms with Crippen LogP contribution in [0.2, 0.25) is 0 Å². The van der Waals surface area contributed by atoms with Crippen LogP contribution in [-0.4, -0.2) is 16.1 Å². The molecule has 2 aromatic rings. The molecular formula is C14H13FN2O2. The molecule has 2 rings (SSSR count). The number of aromatic nitrogens is 1. The summed E-state index contributed by atoms with van der Waals surface area (Å²) in [6.45, 7) is 2.04. The molecule has 0 aliphatic rings. The standard InChI is InChI=1S/C14H13FN2O2/c1-2-9-3-5-10(6-4-9)17-13-12(15)11(14(18)19)7-8-16-13/h3-8H,2H2,1H3,(H,16,17)(H,18,19). The maximum Gasteiger partial charge on any atom is 0.338 e. The molecule has 0 aliphatic carbocycles. The van der Waals surface area contributed by atoms with Gasteiger partial charge in [0.2, 0.25) is 0 Å². The SMILES string of the molecule is CCc1ccc(Nc2nccc(C(=O)O)c2F)cc1. The highest BCUT2D eigenvalue weighted by Gasteiger charge is 2.14. The summed E-state index contributed by atoms with van der Waals surface area (Å²) in [4.78, 5) is 14.6. The minimum Gasteiger partial charge on any atom is -0.478 e. The van der Waals surface area contributed by atoms with E-state index in [1.807, 2.05) is 19.1 Å². The average molecular weight is 260 g/mol. The lowest BCUT2D eigenvalue weighted by Gasteiger charge is -2.08. The van der Waals surface area contributed by atoms with E-state index in [0.29, 0.717) is 5.69 Å². The first kappa shape index (κ1) is 13.0. The monoisotopic (exact) mass is 260 g/mol. The van der Waals surface area contributed by atoms with E-state index in [0.717, 1.165) is 12.5 Å². The molecule has 0 saturated carbocycles. The van der Waals surface area contributed by atoms with Crippen LogP contribution in [-0.2, 0) is 6.42 Å². The van der Waals surface area contributed by atoms with E-state index < -0.39 is 17.3 Å². The molecule has 5 heteroatoms. The molecule has 98 valence electrons. The Bertz CT molecular complexity index is 597. The molecule has 0 amide bonds. The number of anilines is 2. The van der Waals surface area contributed by atoms with Gasteiger partial charge in [0.25, 0.3) is 0 Å². The summed E-state index contributed by atoms with van der Waals surface area (Å²) in [5.41, 5.74) is 1.42. The third-order valence-electron chi connectivity index (χ3n) is 2.74. The van der Waals surface area contributed by atoms with Crippen molar-refractivity contribution in [2.45, 2.75) is 13.3 Å². The number of carbonyl (C=O) groups is 1. The van der Waals surface area contributed by atoms with E-state index in [-0.39, 0.29) is 5.82 Å². The smallest absolute Gasteiger partial charge is 0.338 e. The van der Waals surface area contributed by atoms with Crippen molar-refractivity contribution in [3.8, 4) is 0 Å². The lowest BCUT2D eigenvalue weighted by molar-refractivity contribution is 0.0692. The molecule has 0 aliphatic heterocycles. The third-order valence-corrected chi connectivity index (χ3v) is 2.74. The maximum atomic E-state index is 13.8. The number of nitrogens with one attached hydrogen (secondary N) is 1. The number of pyridine rings is 1.